The monoisotopic (exact) mass is 223 g/mol. The number of aliphatic imine (C=N–C) groups is 1. The summed E-state index contributed by atoms with van der Waals surface area (Å²) >= 11 is 4.43. The SMILES string of the molecule is CCOC(=O)C(=Cc1ccco1)N=C=S. The smallest absolute Gasteiger partial charge is 0.357 e. The maximum Gasteiger partial charge on any atom is 0.357 e. The zero-order valence-corrected chi connectivity index (χ0v) is 8.91. The Balaban J connectivity index is 2.92. The van der Waals surface area contributed by atoms with Crippen LogP contribution in [0.2, 0.25) is 0 Å². The number of isothiocyanates is 1. The van der Waals surface area contributed by atoms with Gasteiger partial charge in [-0.15, -0.1) is 0 Å². The molecule has 0 aliphatic heterocycles. The number of hydrogen-bond donors (Lipinski definition) is 0. The summed E-state index contributed by atoms with van der Waals surface area (Å²) in [6.45, 7) is 1.99. The van der Waals surface area contributed by atoms with Crippen molar-refractivity contribution in [1.82, 2.24) is 0 Å². The van der Waals surface area contributed by atoms with Crippen LogP contribution in [-0.4, -0.2) is 17.7 Å². The third-order valence-corrected chi connectivity index (χ3v) is 1.56. The molecule has 0 aliphatic carbocycles. The molecule has 15 heavy (non-hydrogen) atoms. The highest BCUT2D eigenvalue weighted by atomic mass is 32.1. The number of furan rings is 1. The van der Waals surface area contributed by atoms with Gasteiger partial charge in [-0.25, -0.2) is 4.79 Å². The number of thiocarbonyl (C=S) groups is 1. The molecule has 0 aromatic carbocycles. The van der Waals surface area contributed by atoms with E-state index in [1.807, 2.05) is 0 Å². The zero-order valence-electron chi connectivity index (χ0n) is 8.10. The lowest BCUT2D eigenvalue weighted by molar-refractivity contribution is -0.138. The topological polar surface area (TPSA) is 51.8 Å². The van der Waals surface area contributed by atoms with Gasteiger partial charge < -0.3 is 9.15 Å². The number of hydrogen-bond acceptors (Lipinski definition) is 5. The molecular formula is C10H9NO3S. The summed E-state index contributed by atoms with van der Waals surface area (Å²) in [6.07, 6.45) is 2.94. The number of carbonyl (C=O) groups excluding carboxylic acids is 1. The average Bonchev–Trinajstić information content (AvgIpc) is 2.70. The van der Waals surface area contributed by atoms with Gasteiger partial charge in [0.05, 0.1) is 18.0 Å². The molecule has 0 saturated carbocycles. The van der Waals surface area contributed by atoms with Gasteiger partial charge in [-0.05, 0) is 31.3 Å². The molecule has 0 fully saturated rings. The second-order valence-corrected chi connectivity index (χ2v) is 2.65. The molecule has 0 atom stereocenters. The van der Waals surface area contributed by atoms with E-state index in [1.165, 1.54) is 12.3 Å². The van der Waals surface area contributed by atoms with Crippen molar-refractivity contribution in [3.63, 3.8) is 0 Å². The third-order valence-electron chi connectivity index (χ3n) is 1.47. The van der Waals surface area contributed by atoms with Crippen molar-refractivity contribution in [2.24, 2.45) is 4.99 Å². The standard InChI is InChI=1S/C10H9NO3S/c1-2-13-10(12)9(11-7-15)6-8-4-3-5-14-8/h3-6H,2H2,1H3. The first-order valence-electron chi connectivity index (χ1n) is 4.28. The Morgan fingerprint density at radius 2 is 2.60 bits per heavy atom. The summed E-state index contributed by atoms with van der Waals surface area (Å²) in [7, 11) is 0. The highest BCUT2D eigenvalue weighted by Crippen LogP contribution is 2.09. The number of nitrogens with zero attached hydrogens (tertiary/aromatic N) is 1. The van der Waals surface area contributed by atoms with E-state index in [0.29, 0.717) is 5.76 Å². The Labute approximate surface area is 92.3 Å². The molecule has 78 valence electrons. The van der Waals surface area contributed by atoms with Gasteiger partial charge in [-0.2, -0.15) is 4.99 Å². The lowest BCUT2D eigenvalue weighted by atomic mass is 10.3. The number of carbonyl (C=O) groups is 1. The Bertz CT molecular complexity index is 402. The molecule has 0 spiro atoms. The molecule has 0 unspecified atom stereocenters. The molecule has 0 N–H and O–H groups in total. The van der Waals surface area contributed by atoms with Crippen LogP contribution >= 0.6 is 12.2 Å². The predicted octanol–water partition coefficient (Wildman–Crippen LogP) is 2.29. The molecule has 0 aliphatic rings. The predicted molar refractivity (Wildman–Crippen MR) is 58.3 cm³/mol. The fourth-order valence-corrected chi connectivity index (χ4v) is 0.998. The molecule has 1 rings (SSSR count). The fraction of sp³-hybridized carbons (Fsp3) is 0.200. The summed E-state index contributed by atoms with van der Waals surface area (Å²) < 4.78 is 9.81. The van der Waals surface area contributed by atoms with E-state index in [-0.39, 0.29) is 12.3 Å². The van der Waals surface area contributed by atoms with Gasteiger partial charge in [-0.3, -0.25) is 0 Å². The number of esters is 1. The molecule has 0 bridgehead atoms. The molecule has 0 radical (unpaired) electrons. The van der Waals surface area contributed by atoms with E-state index in [0.717, 1.165) is 0 Å². The van der Waals surface area contributed by atoms with Gasteiger partial charge >= 0.3 is 5.97 Å². The normalized spacial score (nSPS) is 10.6. The van der Waals surface area contributed by atoms with Gasteiger partial charge in [0.15, 0.2) is 5.70 Å². The Morgan fingerprint density at radius 1 is 1.80 bits per heavy atom. The average molecular weight is 223 g/mol. The van der Waals surface area contributed by atoms with Crippen LogP contribution in [0.4, 0.5) is 0 Å². The molecule has 1 aromatic rings. The zero-order chi connectivity index (χ0) is 11.1. The molecule has 0 saturated heterocycles. The first kappa shape index (κ1) is 11.4. The summed E-state index contributed by atoms with van der Waals surface area (Å²) in [5.74, 6) is -0.0432. The molecule has 5 heteroatoms. The van der Waals surface area contributed by atoms with Crippen LogP contribution in [0.5, 0.6) is 0 Å². The first-order chi connectivity index (χ1) is 7.27. The Hall–Kier alpha value is -1.71. The van der Waals surface area contributed by atoms with Gasteiger partial charge in [0.25, 0.3) is 0 Å². The minimum Gasteiger partial charge on any atom is -0.465 e. The highest BCUT2D eigenvalue weighted by Gasteiger charge is 2.09. The van der Waals surface area contributed by atoms with E-state index < -0.39 is 5.97 Å². The van der Waals surface area contributed by atoms with E-state index in [4.69, 9.17) is 9.15 Å². The maximum atomic E-state index is 11.3. The van der Waals surface area contributed by atoms with Gasteiger partial charge in [0.2, 0.25) is 0 Å². The summed E-state index contributed by atoms with van der Waals surface area (Å²) in [5.41, 5.74) is 0.0711. The van der Waals surface area contributed by atoms with Gasteiger partial charge in [0.1, 0.15) is 5.76 Å². The van der Waals surface area contributed by atoms with Crippen molar-refractivity contribution < 1.29 is 13.9 Å². The molecule has 1 heterocycles. The lowest BCUT2D eigenvalue weighted by Gasteiger charge is -1.99. The van der Waals surface area contributed by atoms with Crippen molar-refractivity contribution in [2.75, 3.05) is 6.61 Å². The van der Waals surface area contributed by atoms with E-state index >= 15 is 0 Å². The van der Waals surface area contributed by atoms with Crippen LogP contribution in [0.3, 0.4) is 0 Å². The highest BCUT2D eigenvalue weighted by molar-refractivity contribution is 7.78. The van der Waals surface area contributed by atoms with Crippen LogP contribution in [0.1, 0.15) is 12.7 Å². The Kier molecular flexibility index (Phi) is 4.47. The second kappa shape index (κ2) is 5.90. The van der Waals surface area contributed by atoms with Crippen LogP contribution in [0.25, 0.3) is 6.08 Å². The maximum absolute atomic E-state index is 11.3. The van der Waals surface area contributed by atoms with E-state index in [2.05, 4.69) is 22.4 Å². The van der Waals surface area contributed by atoms with Crippen LogP contribution in [0.15, 0.2) is 33.5 Å². The van der Waals surface area contributed by atoms with Crippen molar-refractivity contribution in [2.45, 2.75) is 6.92 Å². The minimum atomic E-state index is -0.550. The lowest BCUT2D eigenvalue weighted by Crippen LogP contribution is -2.05. The number of rotatable bonds is 4. The van der Waals surface area contributed by atoms with E-state index in [9.17, 15) is 4.79 Å². The Morgan fingerprint density at radius 3 is 3.13 bits per heavy atom. The molecule has 0 amide bonds. The van der Waals surface area contributed by atoms with Crippen molar-refractivity contribution in [3.8, 4) is 0 Å². The largest absolute Gasteiger partial charge is 0.465 e. The molecule has 1 aromatic heterocycles. The van der Waals surface area contributed by atoms with Crippen LogP contribution in [-0.2, 0) is 9.53 Å². The van der Waals surface area contributed by atoms with Gasteiger partial charge in [0, 0.05) is 6.08 Å². The van der Waals surface area contributed by atoms with Gasteiger partial charge in [-0.1, -0.05) is 0 Å². The summed E-state index contributed by atoms with van der Waals surface area (Å²) in [4.78, 5) is 15.0. The van der Waals surface area contributed by atoms with Crippen LogP contribution < -0.4 is 0 Å². The minimum absolute atomic E-state index is 0.0711. The van der Waals surface area contributed by atoms with Crippen molar-refractivity contribution >= 4 is 29.4 Å². The quantitative estimate of drug-likeness (QED) is 0.340. The van der Waals surface area contributed by atoms with Crippen molar-refractivity contribution in [1.29, 1.82) is 0 Å². The number of ether oxygens (including phenoxy) is 1. The first-order valence-corrected chi connectivity index (χ1v) is 4.69. The molecule has 4 nitrogen and oxygen atoms in total. The van der Waals surface area contributed by atoms with E-state index in [1.54, 1.807) is 19.1 Å². The van der Waals surface area contributed by atoms with Crippen molar-refractivity contribution in [3.05, 3.63) is 29.9 Å². The fourth-order valence-electron chi connectivity index (χ4n) is 0.899. The summed E-state index contributed by atoms with van der Waals surface area (Å²) in [6, 6.07) is 3.40. The second-order valence-electron chi connectivity index (χ2n) is 2.47. The summed E-state index contributed by atoms with van der Waals surface area (Å²) in [5, 5.41) is 2.12. The van der Waals surface area contributed by atoms with Crippen LogP contribution in [0, 0.1) is 0 Å². The molecular weight excluding hydrogens is 214 g/mol. The third kappa shape index (κ3) is 3.50.